The van der Waals surface area contributed by atoms with Crippen LogP contribution in [-0.2, 0) is 11.2 Å². The molecule has 2 saturated heterocycles. The topological polar surface area (TPSA) is 80.1 Å². The van der Waals surface area contributed by atoms with Crippen LogP contribution in [-0.4, -0.2) is 62.8 Å². The maximum absolute atomic E-state index is 11.7. The molecule has 2 aromatic carbocycles. The number of ether oxygens (including phenoxy) is 2. The van der Waals surface area contributed by atoms with Crippen molar-refractivity contribution in [1.82, 2.24) is 10.3 Å². The number of hydrogen-bond acceptors (Lipinski definition) is 6. The zero-order chi connectivity index (χ0) is 20.2. The molecule has 3 N–H and O–H groups in total. The van der Waals surface area contributed by atoms with Crippen LogP contribution in [0.2, 0.25) is 0 Å². The fourth-order valence-corrected chi connectivity index (χ4v) is 4.10. The van der Waals surface area contributed by atoms with Crippen LogP contribution in [0.5, 0.6) is 5.75 Å². The van der Waals surface area contributed by atoms with Crippen LogP contribution in [0.4, 0.5) is 5.69 Å². The molecule has 2 fully saturated rings. The largest absolute Gasteiger partial charge is 0.497 e. The molecule has 7 nitrogen and oxygen atoms in total. The average molecular weight is 396 g/mol. The van der Waals surface area contributed by atoms with Crippen molar-refractivity contribution >= 4 is 11.6 Å². The number of carbonyl (C=O) groups is 1. The lowest BCUT2D eigenvalue weighted by atomic mass is 9.98. The minimum absolute atomic E-state index is 0.275. The van der Waals surface area contributed by atoms with Gasteiger partial charge in [0.1, 0.15) is 5.75 Å². The summed E-state index contributed by atoms with van der Waals surface area (Å²) < 4.78 is 10.8. The molecule has 7 heteroatoms. The van der Waals surface area contributed by atoms with E-state index in [1.165, 1.54) is 11.3 Å². The molecule has 2 aliphatic rings. The van der Waals surface area contributed by atoms with Crippen molar-refractivity contribution in [2.45, 2.75) is 18.5 Å². The summed E-state index contributed by atoms with van der Waals surface area (Å²) in [5.41, 5.74) is 5.12. The zero-order valence-electron chi connectivity index (χ0n) is 16.7. The fraction of sp³-hybridized carbons (Fsp3) is 0.409. The van der Waals surface area contributed by atoms with Crippen molar-refractivity contribution in [2.75, 3.05) is 44.9 Å². The van der Waals surface area contributed by atoms with E-state index in [-0.39, 0.29) is 5.91 Å². The summed E-state index contributed by atoms with van der Waals surface area (Å²) >= 11 is 0. The number of hydrogen-bond donors (Lipinski definition) is 2. The van der Waals surface area contributed by atoms with Gasteiger partial charge in [-0.25, -0.2) is 5.84 Å². The third kappa shape index (κ3) is 4.37. The van der Waals surface area contributed by atoms with Crippen LogP contribution < -0.4 is 20.9 Å². The Hall–Kier alpha value is -2.61. The first-order valence-electron chi connectivity index (χ1n) is 10.0. The number of nitrogens with two attached hydrogens (primary N) is 1. The SMILES string of the molecule is COc1cccc(N2CCN(C3COC3)CC2Cc2ccc(C(=O)NN)cc2)c1. The molecule has 0 spiro atoms. The molecule has 154 valence electrons. The first kappa shape index (κ1) is 19.7. The molecule has 2 aromatic rings. The first-order chi connectivity index (χ1) is 14.2. The molecule has 0 aromatic heterocycles. The Bertz CT molecular complexity index is 838. The molecule has 0 saturated carbocycles. The van der Waals surface area contributed by atoms with Crippen molar-refractivity contribution in [3.05, 3.63) is 59.7 Å². The van der Waals surface area contributed by atoms with E-state index in [0.717, 1.165) is 45.0 Å². The van der Waals surface area contributed by atoms with Crippen LogP contribution in [0.1, 0.15) is 15.9 Å². The van der Waals surface area contributed by atoms with Gasteiger partial charge in [0.15, 0.2) is 0 Å². The summed E-state index contributed by atoms with van der Waals surface area (Å²) in [4.78, 5) is 16.7. The number of carbonyl (C=O) groups excluding carboxylic acids is 1. The van der Waals surface area contributed by atoms with Gasteiger partial charge in [0.25, 0.3) is 5.91 Å². The van der Waals surface area contributed by atoms with Crippen LogP contribution in [0.15, 0.2) is 48.5 Å². The Labute approximate surface area is 171 Å². The Kier molecular flexibility index (Phi) is 5.99. The molecule has 1 unspecified atom stereocenters. The first-order valence-corrected chi connectivity index (χ1v) is 10.0. The van der Waals surface area contributed by atoms with E-state index in [2.05, 4.69) is 27.4 Å². The van der Waals surface area contributed by atoms with Crippen molar-refractivity contribution in [3.63, 3.8) is 0 Å². The summed E-state index contributed by atoms with van der Waals surface area (Å²) in [6, 6.07) is 16.8. The third-order valence-electron chi connectivity index (χ3n) is 5.85. The molecule has 29 heavy (non-hydrogen) atoms. The van der Waals surface area contributed by atoms with Gasteiger partial charge in [-0.1, -0.05) is 18.2 Å². The van der Waals surface area contributed by atoms with Crippen LogP contribution >= 0.6 is 0 Å². The summed E-state index contributed by atoms with van der Waals surface area (Å²) in [5, 5.41) is 0. The predicted molar refractivity (Wildman–Crippen MR) is 112 cm³/mol. The minimum Gasteiger partial charge on any atom is -0.497 e. The third-order valence-corrected chi connectivity index (χ3v) is 5.85. The Morgan fingerprint density at radius 1 is 1.21 bits per heavy atom. The number of piperazine rings is 1. The maximum Gasteiger partial charge on any atom is 0.265 e. The standard InChI is InChI=1S/C22H28N4O3/c1-28-21-4-2-3-18(12-21)26-10-9-25(20-14-29-15-20)13-19(26)11-16-5-7-17(8-6-16)22(27)24-23/h2-8,12,19-20H,9-11,13-15,23H2,1H3,(H,24,27). The van der Waals surface area contributed by atoms with Gasteiger partial charge in [0, 0.05) is 43.0 Å². The Morgan fingerprint density at radius 2 is 2.00 bits per heavy atom. The Balaban J connectivity index is 1.54. The number of nitrogen functional groups attached to an aromatic ring is 1. The minimum atomic E-state index is -0.275. The quantitative estimate of drug-likeness (QED) is 0.437. The van der Waals surface area contributed by atoms with Gasteiger partial charge in [0.05, 0.1) is 26.4 Å². The van der Waals surface area contributed by atoms with Crippen molar-refractivity contribution in [3.8, 4) is 5.75 Å². The van der Waals surface area contributed by atoms with Crippen molar-refractivity contribution in [1.29, 1.82) is 0 Å². The number of methoxy groups -OCH3 is 1. The van der Waals surface area contributed by atoms with E-state index >= 15 is 0 Å². The highest BCUT2D eigenvalue weighted by atomic mass is 16.5. The monoisotopic (exact) mass is 396 g/mol. The maximum atomic E-state index is 11.7. The smallest absolute Gasteiger partial charge is 0.265 e. The molecule has 0 aliphatic carbocycles. The van der Waals surface area contributed by atoms with E-state index in [0.29, 0.717) is 17.6 Å². The second kappa shape index (κ2) is 8.82. The number of nitrogens with one attached hydrogen (secondary N) is 1. The molecular formula is C22H28N4O3. The molecule has 2 heterocycles. The number of nitrogens with zero attached hydrogens (tertiary/aromatic N) is 2. The second-order valence-corrected chi connectivity index (χ2v) is 7.61. The molecular weight excluding hydrogens is 368 g/mol. The highest BCUT2D eigenvalue weighted by molar-refractivity contribution is 5.93. The van der Waals surface area contributed by atoms with E-state index in [9.17, 15) is 4.79 Å². The molecule has 4 rings (SSSR count). The number of hydrazine groups is 1. The summed E-state index contributed by atoms with van der Waals surface area (Å²) in [5.74, 6) is 5.82. The average Bonchev–Trinajstić information content (AvgIpc) is 2.73. The number of amides is 1. The number of rotatable bonds is 6. The summed E-state index contributed by atoms with van der Waals surface area (Å²) in [6.45, 7) is 4.62. The van der Waals surface area contributed by atoms with Gasteiger partial charge in [0.2, 0.25) is 0 Å². The van der Waals surface area contributed by atoms with Gasteiger partial charge in [-0.3, -0.25) is 15.1 Å². The van der Waals surface area contributed by atoms with Gasteiger partial charge >= 0.3 is 0 Å². The second-order valence-electron chi connectivity index (χ2n) is 7.61. The van der Waals surface area contributed by atoms with E-state index < -0.39 is 0 Å². The zero-order valence-corrected chi connectivity index (χ0v) is 16.7. The summed E-state index contributed by atoms with van der Waals surface area (Å²) in [6.07, 6.45) is 0.895. The van der Waals surface area contributed by atoms with Crippen molar-refractivity contribution in [2.24, 2.45) is 5.84 Å². The van der Waals surface area contributed by atoms with E-state index in [4.69, 9.17) is 15.3 Å². The van der Waals surface area contributed by atoms with Crippen LogP contribution in [0, 0.1) is 0 Å². The lowest BCUT2D eigenvalue weighted by Gasteiger charge is -2.47. The predicted octanol–water partition coefficient (Wildman–Crippen LogP) is 1.43. The van der Waals surface area contributed by atoms with Gasteiger partial charge in [-0.2, -0.15) is 0 Å². The van der Waals surface area contributed by atoms with E-state index in [1.807, 2.05) is 36.4 Å². The normalized spacial score (nSPS) is 20.2. The van der Waals surface area contributed by atoms with Crippen LogP contribution in [0.25, 0.3) is 0 Å². The fourth-order valence-electron chi connectivity index (χ4n) is 4.10. The molecule has 2 aliphatic heterocycles. The van der Waals surface area contributed by atoms with Gasteiger partial charge in [-0.15, -0.1) is 0 Å². The van der Waals surface area contributed by atoms with E-state index in [1.54, 1.807) is 7.11 Å². The Morgan fingerprint density at radius 3 is 2.66 bits per heavy atom. The lowest BCUT2D eigenvalue weighted by Crippen LogP contribution is -2.60. The lowest BCUT2D eigenvalue weighted by molar-refractivity contribution is -0.0697. The van der Waals surface area contributed by atoms with Crippen LogP contribution in [0.3, 0.4) is 0 Å². The summed E-state index contributed by atoms with van der Waals surface area (Å²) in [7, 11) is 1.70. The molecule has 1 atom stereocenters. The van der Waals surface area contributed by atoms with Gasteiger partial charge < -0.3 is 14.4 Å². The highest BCUT2D eigenvalue weighted by Gasteiger charge is 2.34. The number of anilines is 1. The molecule has 1 amide bonds. The molecule has 0 radical (unpaired) electrons. The highest BCUT2D eigenvalue weighted by Crippen LogP contribution is 2.28. The van der Waals surface area contributed by atoms with Crippen molar-refractivity contribution < 1.29 is 14.3 Å². The molecule has 0 bridgehead atoms. The number of benzene rings is 2. The van der Waals surface area contributed by atoms with Gasteiger partial charge in [-0.05, 0) is 36.2 Å².